The molecule has 0 radical (unpaired) electrons. The Morgan fingerprint density at radius 2 is 2.00 bits per heavy atom. The highest BCUT2D eigenvalue weighted by atomic mass is 16.5. The van der Waals surface area contributed by atoms with E-state index in [1.54, 1.807) is 25.1 Å². The highest BCUT2D eigenvalue weighted by Crippen LogP contribution is 2.40. The molecule has 1 aromatic carbocycles. The summed E-state index contributed by atoms with van der Waals surface area (Å²) in [6.45, 7) is 4.69. The number of fused-ring (bicyclic) bond motifs is 1. The zero-order chi connectivity index (χ0) is 23.0. The van der Waals surface area contributed by atoms with Gasteiger partial charge in [-0.25, -0.2) is 9.78 Å². The van der Waals surface area contributed by atoms with Gasteiger partial charge in [-0.2, -0.15) is 0 Å². The van der Waals surface area contributed by atoms with E-state index in [4.69, 9.17) is 4.74 Å². The SMILES string of the molecule is COc1ccccc1CN(C)C(=O)c1cc(C2CC2)nc2c1c(=O)[nH]c(=O)n2CC(C)C. The Balaban J connectivity index is 1.84. The van der Waals surface area contributed by atoms with Gasteiger partial charge in [0.25, 0.3) is 11.5 Å². The maximum Gasteiger partial charge on any atom is 0.330 e. The molecule has 0 bridgehead atoms. The van der Waals surface area contributed by atoms with Crippen LogP contribution in [0.5, 0.6) is 5.75 Å². The van der Waals surface area contributed by atoms with E-state index in [2.05, 4.69) is 9.97 Å². The van der Waals surface area contributed by atoms with Crippen molar-refractivity contribution in [2.75, 3.05) is 14.2 Å². The largest absolute Gasteiger partial charge is 0.496 e. The van der Waals surface area contributed by atoms with Gasteiger partial charge in [-0.15, -0.1) is 0 Å². The minimum Gasteiger partial charge on any atom is -0.496 e. The van der Waals surface area contributed by atoms with Crippen LogP contribution in [-0.2, 0) is 13.1 Å². The molecule has 2 heterocycles. The maximum atomic E-state index is 13.5. The lowest BCUT2D eigenvalue weighted by atomic mass is 10.1. The molecule has 1 amide bonds. The zero-order valence-corrected chi connectivity index (χ0v) is 18.8. The number of methoxy groups -OCH3 is 1. The first-order valence-electron chi connectivity index (χ1n) is 10.8. The van der Waals surface area contributed by atoms with Crippen molar-refractivity contribution in [3.05, 3.63) is 68.0 Å². The number of amides is 1. The summed E-state index contributed by atoms with van der Waals surface area (Å²) in [7, 11) is 3.28. The van der Waals surface area contributed by atoms with Crippen molar-refractivity contribution in [1.82, 2.24) is 19.4 Å². The molecule has 32 heavy (non-hydrogen) atoms. The number of carbonyl (C=O) groups is 1. The average Bonchev–Trinajstić information content (AvgIpc) is 3.61. The van der Waals surface area contributed by atoms with Gasteiger partial charge in [0.15, 0.2) is 5.65 Å². The number of benzene rings is 1. The molecule has 1 fully saturated rings. The van der Waals surface area contributed by atoms with Crippen LogP contribution in [0.2, 0.25) is 0 Å². The lowest BCUT2D eigenvalue weighted by Crippen LogP contribution is -2.34. The number of rotatable bonds is 7. The highest BCUT2D eigenvalue weighted by Gasteiger charge is 2.29. The number of carbonyl (C=O) groups excluding carboxylic acids is 1. The molecule has 0 unspecified atom stereocenters. The van der Waals surface area contributed by atoms with Crippen molar-refractivity contribution < 1.29 is 9.53 Å². The second-order valence-electron chi connectivity index (χ2n) is 8.80. The molecule has 1 N–H and O–H groups in total. The minimum atomic E-state index is -0.589. The summed E-state index contributed by atoms with van der Waals surface area (Å²) in [5.41, 5.74) is 1.08. The number of hydrogen-bond donors (Lipinski definition) is 1. The van der Waals surface area contributed by atoms with Gasteiger partial charge in [0.05, 0.1) is 18.1 Å². The average molecular weight is 437 g/mol. The highest BCUT2D eigenvalue weighted by molar-refractivity contribution is 6.05. The number of aromatic nitrogens is 3. The molecule has 1 aliphatic rings. The topological polar surface area (TPSA) is 97.3 Å². The first kappa shape index (κ1) is 21.8. The van der Waals surface area contributed by atoms with Crippen molar-refractivity contribution >= 4 is 16.9 Å². The quantitative estimate of drug-likeness (QED) is 0.614. The molecular formula is C24H28N4O4. The van der Waals surface area contributed by atoms with Gasteiger partial charge in [-0.05, 0) is 30.9 Å². The van der Waals surface area contributed by atoms with Crippen molar-refractivity contribution in [2.24, 2.45) is 5.92 Å². The van der Waals surface area contributed by atoms with E-state index in [1.807, 2.05) is 38.1 Å². The van der Waals surface area contributed by atoms with Gasteiger partial charge < -0.3 is 9.64 Å². The third-order valence-electron chi connectivity index (χ3n) is 5.69. The number of ether oxygens (including phenoxy) is 1. The Bertz CT molecular complexity index is 1290. The van der Waals surface area contributed by atoms with Crippen molar-refractivity contribution in [3.8, 4) is 5.75 Å². The fraction of sp³-hybridized carbons (Fsp3) is 0.417. The molecule has 0 spiro atoms. The van der Waals surface area contributed by atoms with Crippen LogP contribution in [-0.4, -0.2) is 39.5 Å². The van der Waals surface area contributed by atoms with E-state index >= 15 is 0 Å². The Morgan fingerprint density at radius 3 is 2.66 bits per heavy atom. The monoisotopic (exact) mass is 436 g/mol. The Hall–Kier alpha value is -3.42. The molecule has 1 aliphatic carbocycles. The third kappa shape index (κ3) is 4.17. The number of aromatic amines is 1. The molecule has 0 saturated heterocycles. The molecule has 8 heteroatoms. The molecule has 4 rings (SSSR count). The number of pyridine rings is 1. The Labute approximate surface area is 185 Å². The summed E-state index contributed by atoms with van der Waals surface area (Å²) in [4.78, 5) is 47.6. The fourth-order valence-corrected chi connectivity index (χ4v) is 3.95. The first-order chi connectivity index (χ1) is 15.3. The van der Waals surface area contributed by atoms with Gasteiger partial charge in [-0.1, -0.05) is 32.0 Å². The van der Waals surface area contributed by atoms with Crippen LogP contribution in [0.3, 0.4) is 0 Å². The van der Waals surface area contributed by atoms with E-state index < -0.39 is 11.2 Å². The van der Waals surface area contributed by atoms with E-state index in [1.165, 1.54) is 4.57 Å². The van der Waals surface area contributed by atoms with E-state index in [0.717, 1.165) is 24.1 Å². The molecule has 0 atom stereocenters. The summed E-state index contributed by atoms with van der Waals surface area (Å²) in [5.74, 6) is 0.812. The predicted molar refractivity (Wildman–Crippen MR) is 122 cm³/mol. The van der Waals surface area contributed by atoms with Crippen molar-refractivity contribution in [2.45, 2.75) is 45.7 Å². The molecule has 2 aromatic heterocycles. The summed E-state index contributed by atoms with van der Waals surface area (Å²) < 4.78 is 6.88. The zero-order valence-electron chi connectivity index (χ0n) is 18.8. The molecule has 0 aliphatic heterocycles. The van der Waals surface area contributed by atoms with Crippen molar-refractivity contribution in [3.63, 3.8) is 0 Å². The smallest absolute Gasteiger partial charge is 0.330 e. The van der Waals surface area contributed by atoms with E-state index in [9.17, 15) is 14.4 Å². The molecule has 1 saturated carbocycles. The summed E-state index contributed by atoms with van der Waals surface area (Å²) in [5, 5.41) is 0.159. The van der Waals surface area contributed by atoms with Gasteiger partial charge in [0.1, 0.15) is 5.75 Å². The fourth-order valence-electron chi connectivity index (χ4n) is 3.95. The Kier molecular flexibility index (Phi) is 5.86. The molecule has 3 aromatic rings. The summed E-state index contributed by atoms with van der Waals surface area (Å²) in [6.07, 6.45) is 1.97. The summed E-state index contributed by atoms with van der Waals surface area (Å²) >= 11 is 0. The van der Waals surface area contributed by atoms with E-state index in [0.29, 0.717) is 18.8 Å². The number of H-pyrrole nitrogens is 1. The van der Waals surface area contributed by atoms with Gasteiger partial charge in [0.2, 0.25) is 0 Å². The van der Waals surface area contributed by atoms with Gasteiger partial charge >= 0.3 is 5.69 Å². The Morgan fingerprint density at radius 1 is 1.28 bits per heavy atom. The number of nitrogens with one attached hydrogen (secondary N) is 1. The molecular weight excluding hydrogens is 408 g/mol. The standard InChI is InChI=1S/C24H28N4O4/c1-14(2)12-28-21-20(22(29)26-24(28)31)17(11-18(25-21)15-9-10-15)23(30)27(3)13-16-7-5-6-8-19(16)32-4/h5-8,11,14-15H,9-10,12-13H2,1-4H3,(H,26,29,31). The third-order valence-corrected chi connectivity index (χ3v) is 5.69. The lowest BCUT2D eigenvalue weighted by Gasteiger charge is -2.21. The van der Waals surface area contributed by atoms with Crippen molar-refractivity contribution in [1.29, 1.82) is 0 Å². The predicted octanol–water partition coefficient (Wildman–Crippen LogP) is 2.90. The lowest BCUT2D eigenvalue weighted by molar-refractivity contribution is 0.0786. The van der Waals surface area contributed by atoms with Crippen LogP contribution in [0.1, 0.15) is 54.2 Å². The van der Waals surface area contributed by atoms with Crippen LogP contribution in [0.15, 0.2) is 39.9 Å². The van der Waals surface area contributed by atoms with Crippen LogP contribution in [0.25, 0.3) is 11.0 Å². The number of hydrogen-bond acceptors (Lipinski definition) is 5. The van der Waals surface area contributed by atoms with Gasteiger partial charge in [0, 0.05) is 37.3 Å². The first-order valence-corrected chi connectivity index (χ1v) is 10.8. The molecule has 168 valence electrons. The van der Waals surface area contributed by atoms with Crippen LogP contribution >= 0.6 is 0 Å². The van der Waals surface area contributed by atoms with Gasteiger partial charge in [-0.3, -0.25) is 19.1 Å². The number of para-hydroxylation sites is 1. The van der Waals surface area contributed by atoms with Crippen LogP contribution in [0, 0.1) is 5.92 Å². The number of nitrogens with zero attached hydrogens (tertiary/aromatic N) is 3. The second kappa shape index (κ2) is 8.61. The minimum absolute atomic E-state index is 0.159. The van der Waals surface area contributed by atoms with Crippen LogP contribution < -0.4 is 16.0 Å². The van der Waals surface area contributed by atoms with Crippen LogP contribution in [0.4, 0.5) is 0 Å². The molecule has 8 nitrogen and oxygen atoms in total. The summed E-state index contributed by atoms with van der Waals surface area (Å²) in [6, 6.07) is 9.22. The normalized spacial score (nSPS) is 13.5. The maximum absolute atomic E-state index is 13.5. The van der Waals surface area contributed by atoms with E-state index in [-0.39, 0.29) is 34.3 Å². The second-order valence-corrected chi connectivity index (χ2v) is 8.80.